The van der Waals surface area contributed by atoms with E-state index in [2.05, 4.69) is 11.0 Å². The number of aliphatic hydroxyl groups excluding tert-OH is 1. The first-order chi connectivity index (χ1) is 6.70. The van der Waals surface area contributed by atoms with Crippen LogP contribution in [0.1, 0.15) is 19.8 Å². The van der Waals surface area contributed by atoms with Gasteiger partial charge in [-0.25, -0.2) is 0 Å². The Morgan fingerprint density at radius 1 is 1.57 bits per heavy atom. The molecule has 0 aromatic rings. The van der Waals surface area contributed by atoms with Gasteiger partial charge in [-0.3, -0.25) is 4.79 Å². The molecule has 0 aromatic heterocycles. The molecule has 0 radical (unpaired) electrons. The third-order valence-corrected chi connectivity index (χ3v) is 3.23. The van der Waals surface area contributed by atoms with Gasteiger partial charge in [0.05, 0.1) is 0 Å². The van der Waals surface area contributed by atoms with Crippen molar-refractivity contribution in [3.05, 3.63) is 11.8 Å². The summed E-state index contributed by atoms with van der Waals surface area (Å²) in [5.74, 6) is 0.986. The highest BCUT2D eigenvalue weighted by molar-refractivity contribution is 5.83. The molecular weight excluding hydrogens is 178 g/mol. The zero-order valence-corrected chi connectivity index (χ0v) is 8.57. The Kier molecular flexibility index (Phi) is 2.59. The van der Waals surface area contributed by atoms with Gasteiger partial charge >= 0.3 is 0 Å². The zero-order valence-electron chi connectivity index (χ0n) is 8.57. The second-order valence-corrected chi connectivity index (χ2v) is 4.42. The Balaban J connectivity index is 1.91. The maximum Gasteiger partial charge on any atom is 0.139 e. The van der Waals surface area contributed by atoms with Crippen LogP contribution < -0.4 is 0 Å². The molecule has 1 saturated heterocycles. The van der Waals surface area contributed by atoms with Crippen LogP contribution in [0.15, 0.2) is 11.8 Å². The lowest BCUT2D eigenvalue weighted by molar-refractivity contribution is -0.122. The van der Waals surface area contributed by atoms with Gasteiger partial charge < -0.3 is 10.0 Å². The van der Waals surface area contributed by atoms with Gasteiger partial charge in [0.1, 0.15) is 5.78 Å². The van der Waals surface area contributed by atoms with Crippen LogP contribution in [0.5, 0.6) is 0 Å². The largest absolute Gasteiger partial charge is 0.396 e. The SMILES string of the molecule is CC1CC(N2CC(CO)C2)=CCC1=O. The number of carbonyl (C=O) groups is 1. The van der Waals surface area contributed by atoms with Crippen molar-refractivity contribution in [1.29, 1.82) is 0 Å². The Labute approximate surface area is 84.4 Å². The third-order valence-electron chi connectivity index (χ3n) is 3.23. The quantitative estimate of drug-likeness (QED) is 0.708. The Bertz CT molecular complexity index is 266. The summed E-state index contributed by atoms with van der Waals surface area (Å²) in [4.78, 5) is 13.6. The number of aliphatic hydroxyl groups is 1. The number of hydrogen-bond donors (Lipinski definition) is 1. The predicted molar refractivity (Wildman–Crippen MR) is 53.6 cm³/mol. The average Bonchev–Trinajstić information content (AvgIpc) is 2.09. The molecule has 0 saturated carbocycles. The van der Waals surface area contributed by atoms with E-state index < -0.39 is 0 Å². The molecule has 78 valence electrons. The number of likely N-dealkylation sites (tertiary alicyclic amines) is 1. The summed E-state index contributed by atoms with van der Waals surface area (Å²) in [5.41, 5.74) is 1.31. The number of nitrogens with zero attached hydrogens (tertiary/aromatic N) is 1. The van der Waals surface area contributed by atoms with Gasteiger partial charge in [0.15, 0.2) is 0 Å². The minimum Gasteiger partial charge on any atom is -0.396 e. The molecule has 1 N–H and O–H groups in total. The van der Waals surface area contributed by atoms with Gasteiger partial charge in [-0.2, -0.15) is 0 Å². The molecule has 1 unspecified atom stereocenters. The van der Waals surface area contributed by atoms with Crippen LogP contribution in [0.4, 0.5) is 0 Å². The number of carbonyl (C=O) groups excluding carboxylic acids is 1. The van der Waals surface area contributed by atoms with Gasteiger partial charge in [-0.15, -0.1) is 0 Å². The van der Waals surface area contributed by atoms with Gasteiger partial charge in [0.25, 0.3) is 0 Å². The Hall–Kier alpha value is -0.830. The first-order valence-corrected chi connectivity index (χ1v) is 5.28. The normalized spacial score (nSPS) is 28.7. The molecule has 14 heavy (non-hydrogen) atoms. The summed E-state index contributed by atoms with van der Waals surface area (Å²) < 4.78 is 0. The topological polar surface area (TPSA) is 40.5 Å². The molecule has 0 amide bonds. The average molecular weight is 195 g/mol. The standard InChI is InChI=1S/C11H17NO2/c1-8-4-10(2-3-11(8)14)12-5-9(6-12)7-13/h2,8-9,13H,3-7H2,1H3. The molecule has 3 heteroatoms. The van der Waals surface area contributed by atoms with Crippen LogP contribution in [0.2, 0.25) is 0 Å². The minimum atomic E-state index is 0.183. The lowest BCUT2D eigenvalue weighted by atomic mass is 9.89. The fraction of sp³-hybridized carbons (Fsp3) is 0.727. The maximum atomic E-state index is 11.3. The minimum absolute atomic E-state index is 0.183. The van der Waals surface area contributed by atoms with Gasteiger partial charge in [0.2, 0.25) is 0 Å². The smallest absolute Gasteiger partial charge is 0.139 e. The van der Waals surface area contributed by atoms with Crippen LogP contribution in [0.25, 0.3) is 0 Å². The first kappa shape index (κ1) is 9.71. The third kappa shape index (κ3) is 1.69. The van der Waals surface area contributed by atoms with Gasteiger partial charge in [-0.1, -0.05) is 13.0 Å². The summed E-state index contributed by atoms with van der Waals surface area (Å²) in [6.45, 7) is 4.21. The fourth-order valence-electron chi connectivity index (χ4n) is 2.11. The molecule has 0 bridgehead atoms. The fourth-order valence-corrected chi connectivity index (χ4v) is 2.11. The van der Waals surface area contributed by atoms with Crippen molar-refractivity contribution in [3.63, 3.8) is 0 Å². The van der Waals surface area contributed by atoms with E-state index in [-0.39, 0.29) is 12.5 Å². The Morgan fingerprint density at radius 3 is 2.86 bits per heavy atom. The van der Waals surface area contributed by atoms with E-state index in [0.717, 1.165) is 19.5 Å². The molecule has 1 aliphatic heterocycles. The molecule has 3 nitrogen and oxygen atoms in total. The molecule has 0 aromatic carbocycles. The molecule has 1 heterocycles. The van der Waals surface area contributed by atoms with Gasteiger partial charge in [0, 0.05) is 43.7 Å². The van der Waals surface area contributed by atoms with E-state index in [1.165, 1.54) is 5.70 Å². The summed E-state index contributed by atoms with van der Waals surface area (Å²) >= 11 is 0. The number of rotatable bonds is 2. The first-order valence-electron chi connectivity index (χ1n) is 5.28. The highest BCUT2D eigenvalue weighted by atomic mass is 16.3. The highest BCUT2D eigenvalue weighted by Gasteiger charge is 2.30. The number of hydrogen-bond acceptors (Lipinski definition) is 3. The molecule has 1 aliphatic carbocycles. The number of ketones is 1. The van der Waals surface area contributed by atoms with Crippen molar-refractivity contribution < 1.29 is 9.90 Å². The van der Waals surface area contributed by atoms with Crippen molar-refractivity contribution in [3.8, 4) is 0 Å². The number of allylic oxidation sites excluding steroid dienone is 2. The van der Waals surface area contributed by atoms with Gasteiger partial charge in [-0.05, 0) is 6.42 Å². The van der Waals surface area contributed by atoms with Crippen molar-refractivity contribution in [1.82, 2.24) is 4.90 Å². The Morgan fingerprint density at radius 2 is 2.29 bits per heavy atom. The van der Waals surface area contributed by atoms with E-state index in [1.807, 2.05) is 6.92 Å². The zero-order chi connectivity index (χ0) is 10.1. The summed E-state index contributed by atoms with van der Waals surface area (Å²) in [6.07, 6.45) is 3.53. The maximum absolute atomic E-state index is 11.3. The van der Waals surface area contributed by atoms with Crippen LogP contribution in [-0.2, 0) is 4.79 Å². The van der Waals surface area contributed by atoms with E-state index in [9.17, 15) is 4.79 Å². The molecule has 2 aliphatic rings. The monoisotopic (exact) mass is 195 g/mol. The molecule has 1 atom stereocenters. The molecule has 0 spiro atoms. The second kappa shape index (κ2) is 3.73. The lowest BCUT2D eigenvalue weighted by Gasteiger charge is -2.43. The summed E-state index contributed by atoms with van der Waals surface area (Å²) in [5, 5.41) is 8.90. The van der Waals surface area contributed by atoms with E-state index in [4.69, 9.17) is 5.11 Å². The predicted octanol–water partition coefficient (Wildman–Crippen LogP) is 0.793. The number of Topliss-reactive ketones (excluding diaryl/α,β-unsaturated/α-hetero) is 1. The van der Waals surface area contributed by atoms with Crippen LogP contribution in [0, 0.1) is 11.8 Å². The van der Waals surface area contributed by atoms with E-state index in [0.29, 0.717) is 18.1 Å². The van der Waals surface area contributed by atoms with Crippen LogP contribution >= 0.6 is 0 Å². The summed E-state index contributed by atoms with van der Waals surface area (Å²) in [6, 6.07) is 0. The van der Waals surface area contributed by atoms with Crippen molar-refractivity contribution in [2.24, 2.45) is 11.8 Å². The van der Waals surface area contributed by atoms with Crippen molar-refractivity contribution in [2.45, 2.75) is 19.8 Å². The van der Waals surface area contributed by atoms with Crippen molar-refractivity contribution >= 4 is 5.78 Å². The summed E-state index contributed by atoms with van der Waals surface area (Å²) in [7, 11) is 0. The molecular formula is C11H17NO2. The van der Waals surface area contributed by atoms with Crippen LogP contribution in [-0.4, -0.2) is 35.5 Å². The molecule has 2 rings (SSSR count). The van der Waals surface area contributed by atoms with Crippen molar-refractivity contribution in [2.75, 3.05) is 19.7 Å². The van der Waals surface area contributed by atoms with E-state index >= 15 is 0 Å². The lowest BCUT2D eigenvalue weighted by Crippen LogP contribution is -2.48. The molecule has 1 fully saturated rings. The van der Waals surface area contributed by atoms with E-state index in [1.54, 1.807) is 0 Å². The van der Waals surface area contributed by atoms with Crippen LogP contribution in [0.3, 0.4) is 0 Å². The second-order valence-electron chi connectivity index (χ2n) is 4.42. The highest BCUT2D eigenvalue weighted by Crippen LogP contribution is 2.29.